The van der Waals surface area contributed by atoms with Gasteiger partial charge in [0.1, 0.15) is 0 Å². The van der Waals surface area contributed by atoms with Crippen molar-refractivity contribution in [2.24, 2.45) is 17.3 Å². The van der Waals surface area contributed by atoms with Crippen molar-refractivity contribution in [2.45, 2.75) is 50.3 Å². The quantitative estimate of drug-likeness (QED) is 0.803. The van der Waals surface area contributed by atoms with Gasteiger partial charge < -0.3 is 14.9 Å². The van der Waals surface area contributed by atoms with Gasteiger partial charge in [-0.25, -0.2) is 0 Å². The van der Waals surface area contributed by atoms with E-state index in [1.54, 1.807) is 4.90 Å². The monoisotopic (exact) mass is 416 g/mol. The summed E-state index contributed by atoms with van der Waals surface area (Å²) in [5.41, 5.74) is -1.12. The summed E-state index contributed by atoms with van der Waals surface area (Å²) in [6, 6.07) is 0. The molecule has 2 heterocycles. The lowest BCUT2D eigenvalue weighted by molar-refractivity contribution is -0.186. The van der Waals surface area contributed by atoms with Gasteiger partial charge in [0.05, 0.1) is 11.0 Å². The Morgan fingerprint density at radius 3 is 2.25 bits per heavy atom. The van der Waals surface area contributed by atoms with Crippen LogP contribution in [0.4, 0.5) is 18.3 Å². The van der Waals surface area contributed by atoms with Crippen molar-refractivity contribution in [1.82, 2.24) is 15.1 Å². The first-order chi connectivity index (χ1) is 13.2. The lowest BCUT2D eigenvalue weighted by Gasteiger charge is -2.60. The number of aliphatic hydroxyl groups is 1. The summed E-state index contributed by atoms with van der Waals surface area (Å²) in [5.74, 6) is 1.02. The largest absolute Gasteiger partial charge is 0.445 e. The molecule has 4 bridgehead atoms. The molecule has 0 spiro atoms. The van der Waals surface area contributed by atoms with Crippen LogP contribution in [0.1, 0.15) is 43.5 Å². The number of hydrogen-bond donors (Lipinski definition) is 1. The molecule has 1 aromatic rings. The highest BCUT2D eigenvalue weighted by Crippen LogP contribution is 2.62. The van der Waals surface area contributed by atoms with Crippen molar-refractivity contribution in [2.75, 3.05) is 31.1 Å². The number of anilines is 1. The van der Waals surface area contributed by atoms with Gasteiger partial charge >= 0.3 is 6.18 Å². The number of rotatable bonds is 2. The molecule has 0 unspecified atom stereocenters. The zero-order chi connectivity index (χ0) is 19.7. The predicted octanol–water partition coefficient (Wildman–Crippen LogP) is 2.54. The molecule has 28 heavy (non-hydrogen) atoms. The Kier molecular flexibility index (Phi) is 4.01. The second kappa shape index (κ2) is 6.04. The van der Waals surface area contributed by atoms with Crippen LogP contribution in [0.15, 0.2) is 0 Å². The third-order valence-corrected chi connectivity index (χ3v) is 8.01. The number of carbonyl (C=O) groups is 1. The highest BCUT2D eigenvalue weighted by atomic mass is 32.1. The molecule has 6 rings (SSSR count). The fraction of sp³-hybridized carbons (Fsp3) is 0.833. The lowest BCUT2D eigenvalue weighted by Crippen LogP contribution is -2.62. The summed E-state index contributed by atoms with van der Waals surface area (Å²) < 4.78 is 38.2. The van der Waals surface area contributed by atoms with Crippen LogP contribution in [0.5, 0.6) is 0 Å². The maximum Gasteiger partial charge on any atom is 0.445 e. The Hall–Kier alpha value is -1.42. The normalized spacial score (nSPS) is 37.6. The van der Waals surface area contributed by atoms with Gasteiger partial charge in [0.25, 0.3) is 0 Å². The number of amides is 1. The zero-order valence-corrected chi connectivity index (χ0v) is 16.2. The van der Waals surface area contributed by atoms with Crippen LogP contribution in [0.25, 0.3) is 0 Å². The van der Waals surface area contributed by atoms with E-state index in [9.17, 15) is 23.1 Å². The fourth-order valence-electron chi connectivity index (χ4n) is 6.36. The van der Waals surface area contributed by atoms with Gasteiger partial charge in [-0.15, -0.1) is 10.2 Å². The standard InChI is InChI=1S/C18H23F3N4O2S/c19-18(20,21)13-22-23-15(28-13)25-3-1-24(2-4-25)14(26)16-6-11-5-12(7-16)9-17(27,8-11)10-16/h11-12,27H,1-10H2/t11-,12-,16?,17?/m1/s1. The minimum absolute atomic E-state index is 0.132. The van der Waals surface area contributed by atoms with Crippen LogP contribution in [0.3, 0.4) is 0 Å². The predicted molar refractivity (Wildman–Crippen MR) is 95.8 cm³/mol. The Labute approximate surface area is 164 Å². The smallest absolute Gasteiger partial charge is 0.390 e. The Bertz CT molecular complexity index is 776. The van der Waals surface area contributed by atoms with Crippen molar-refractivity contribution < 1.29 is 23.1 Å². The second-order valence-corrected chi connectivity index (χ2v) is 10.1. The molecule has 4 saturated carbocycles. The van der Waals surface area contributed by atoms with Crippen LogP contribution in [0.2, 0.25) is 0 Å². The molecule has 5 aliphatic rings. The average molecular weight is 416 g/mol. The molecule has 10 heteroatoms. The van der Waals surface area contributed by atoms with E-state index in [-0.39, 0.29) is 11.0 Å². The summed E-state index contributed by atoms with van der Waals surface area (Å²) in [6.45, 7) is 1.83. The van der Waals surface area contributed by atoms with Crippen LogP contribution >= 0.6 is 11.3 Å². The van der Waals surface area contributed by atoms with E-state index >= 15 is 0 Å². The van der Waals surface area contributed by atoms with Gasteiger partial charge in [-0.05, 0) is 50.4 Å². The molecule has 0 aromatic carbocycles. The van der Waals surface area contributed by atoms with Crippen LogP contribution in [0, 0.1) is 17.3 Å². The van der Waals surface area contributed by atoms with Crippen LogP contribution in [-0.2, 0) is 11.0 Å². The summed E-state index contributed by atoms with van der Waals surface area (Å²) in [6.07, 6.45) is 0.607. The molecule has 1 saturated heterocycles. The highest BCUT2D eigenvalue weighted by molar-refractivity contribution is 7.15. The Morgan fingerprint density at radius 1 is 1.07 bits per heavy atom. The molecule has 4 aliphatic carbocycles. The molecular weight excluding hydrogens is 393 g/mol. The van der Waals surface area contributed by atoms with Gasteiger partial charge in [-0.2, -0.15) is 13.2 Å². The van der Waals surface area contributed by atoms with E-state index in [0.29, 0.717) is 55.8 Å². The first kappa shape index (κ1) is 18.6. The molecule has 1 amide bonds. The van der Waals surface area contributed by atoms with Crippen molar-refractivity contribution in [3.8, 4) is 0 Å². The second-order valence-electron chi connectivity index (χ2n) is 9.13. The van der Waals surface area contributed by atoms with E-state index < -0.39 is 22.2 Å². The van der Waals surface area contributed by atoms with Crippen molar-refractivity contribution >= 4 is 22.4 Å². The molecular formula is C18H23F3N4O2S. The maximum atomic E-state index is 13.4. The molecule has 2 atom stereocenters. The molecule has 0 radical (unpaired) electrons. The van der Waals surface area contributed by atoms with Crippen LogP contribution < -0.4 is 4.90 Å². The summed E-state index contributed by atoms with van der Waals surface area (Å²) in [4.78, 5) is 17.0. The molecule has 1 N–H and O–H groups in total. The number of alkyl halides is 3. The van der Waals surface area contributed by atoms with Gasteiger partial charge in [-0.3, -0.25) is 4.79 Å². The number of halogens is 3. The average Bonchev–Trinajstić information content (AvgIpc) is 3.09. The van der Waals surface area contributed by atoms with Gasteiger partial charge in [0.15, 0.2) is 0 Å². The molecule has 1 aliphatic heterocycles. The van der Waals surface area contributed by atoms with E-state index in [1.807, 2.05) is 4.90 Å². The van der Waals surface area contributed by atoms with Gasteiger partial charge in [-0.1, -0.05) is 11.3 Å². The number of aromatic nitrogens is 2. The third-order valence-electron chi connectivity index (χ3n) is 6.98. The zero-order valence-electron chi connectivity index (χ0n) is 15.4. The van der Waals surface area contributed by atoms with E-state index in [4.69, 9.17) is 0 Å². The Balaban J connectivity index is 1.26. The summed E-state index contributed by atoms with van der Waals surface area (Å²) in [7, 11) is 0. The topological polar surface area (TPSA) is 69.6 Å². The van der Waals surface area contributed by atoms with Gasteiger partial charge in [0.2, 0.25) is 16.0 Å². The van der Waals surface area contributed by atoms with Crippen molar-refractivity contribution in [3.05, 3.63) is 5.01 Å². The minimum atomic E-state index is -4.48. The SMILES string of the molecule is O=C(N1CCN(c2nnc(C(F)(F)F)s2)CC1)C12C[C@H]3C[C@@H](CC(O)(C3)C1)C2. The highest BCUT2D eigenvalue weighted by Gasteiger charge is 2.60. The fourth-order valence-corrected chi connectivity index (χ4v) is 7.12. The van der Waals surface area contributed by atoms with Crippen LogP contribution in [-0.4, -0.2) is 57.9 Å². The number of piperazine rings is 1. The minimum Gasteiger partial charge on any atom is -0.390 e. The summed E-state index contributed by atoms with van der Waals surface area (Å²) in [5, 5.41) is 17.1. The first-order valence-corrected chi connectivity index (χ1v) is 10.6. The van der Waals surface area contributed by atoms with Gasteiger partial charge in [0, 0.05) is 26.2 Å². The third kappa shape index (κ3) is 2.99. The number of hydrogen-bond acceptors (Lipinski definition) is 6. The molecule has 6 nitrogen and oxygen atoms in total. The number of carbonyl (C=O) groups excluding carboxylic acids is 1. The first-order valence-electron chi connectivity index (χ1n) is 9.83. The molecule has 1 aromatic heterocycles. The maximum absolute atomic E-state index is 13.4. The van der Waals surface area contributed by atoms with E-state index in [0.717, 1.165) is 32.1 Å². The summed E-state index contributed by atoms with van der Waals surface area (Å²) >= 11 is 0.545. The van der Waals surface area contributed by atoms with E-state index in [1.165, 1.54) is 0 Å². The molecule has 154 valence electrons. The van der Waals surface area contributed by atoms with Crippen molar-refractivity contribution in [1.29, 1.82) is 0 Å². The van der Waals surface area contributed by atoms with Crippen molar-refractivity contribution in [3.63, 3.8) is 0 Å². The molecule has 5 fully saturated rings. The number of nitrogens with zero attached hydrogens (tertiary/aromatic N) is 4. The van der Waals surface area contributed by atoms with E-state index in [2.05, 4.69) is 10.2 Å². The lowest BCUT2D eigenvalue weighted by atomic mass is 9.47. The Morgan fingerprint density at radius 2 is 1.71 bits per heavy atom.